The first kappa shape index (κ1) is 8.52. The van der Waals surface area contributed by atoms with Crippen molar-refractivity contribution in [3.63, 3.8) is 0 Å². The van der Waals surface area contributed by atoms with Crippen molar-refractivity contribution < 1.29 is 0 Å². The number of rotatable bonds is 2. The molecule has 0 aliphatic carbocycles. The normalized spacial score (nSPS) is 9.64. The minimum absolute atomic E-state index is 0.410. The lowest BCUT2D eigenvalue weighted by molar-refractivity contribution is 0.880. The van der Waals surface area contributed by atoms with Crippen LogP contribution in [0.3, 0.4) is 0 Å². The van der Waals surface area contributed by atoms with Crippen LogP contribution < -0.4 is 0 Å². The fourth-order valence-corrected chi connectivity index (χ4v) is 1.26. The van der Waals surface area contributed by atoms with Gasteiger partial charge in [0.25, 0.3) is 0 Å². The van der Waals surface area contributed by atoms with Crippen LogP contribution in [0.5, 0.6) is 0 Å². The molecule has 0 bridgehead atoms. The van der Waals surface area contributed by atoms with Crippen LogP contribution in [-0.2, 0) is 6.42 Å². The fourth-order valence-electron chi connectivity index (χ4n) is 1.26. The van der Waals surface area contributed by atoms with E-state index in [2.05, 4.69) is 11.2 Å². The molecule has 0 aliphatic heterocycles. The Morgan fingerprint density at radius 3 is 2.79 bits per heavy atom. The van der Waals surface area contributed by atoms with E-state index in [1.54, 1.807) is 10.9 Å². The molecular formula is C11H9N3. The summed E-state index contributed by atoms with van der Waals surface area (Å²) in [5, 5.41) is 12.7. The number of para-hydroxylation sites is 1. The van der Waals surface area contributed by atoms with Crippen molar-refractivity contribution in [2.45, 2.75) is 6.42 Å². The molecule has 68 valence electrons. The summed E-state index contributed by atoms with van der Waals surface area (Å²) in [5.41, 5.74) is 1.95. The molecule has 3 nitrogen and oxygen atoms in total. The molecule has 0 atom stereocenters. The van der Waals surface area contributed by atoms with Crippen LogP contribution in [0.2, 0.25) is 0 Å². The van der Waals surface area contributed by atoms with Gasteiger partial charge in [0, 0.05) is 11.8 Å². The maximum absolute atomic E-state index is 8.51. The third-order valence-electron chi connectivity index (χ3n) is 1.94. The maximum atomic E-state index is 8.51. The molecule has 0 N–H and O–H groups in total. The van der Waals surface area contributed by atoms with E-state index >= 15 is 0 Å². The highest BCUT2D eigenvalue weighted by Crippen LogP contribution is 2.07. The van der Waals surface area contributed by atoms with Crippen molar-refractivity contribution in [1.29, 1.82) is 5.26 Å². The molecule has 0 radical (unpaired) electrons. The minimum Gasteiger partial charge on any atom is -0.241 e. The van der Waals surface area contributed by atoms with E-state index in [0.717, 1.165) is 11.3 Å². The van der Waals surface area contributed by atoms with Gasteiger partial charge in [-0.3, -0.25) is 0 Å². The van der Waals surface area contributed by atoms with E-state index in [1.165, 1.54) is 0 Å². The van der Waals surface area contributed by atoms with Crippen molar-refractivity contribution in [2.24, 2.45) is 0 Å². The first-order valence-corrected chi connectivity index (χ1v) is 4.36. The molecule has 1 heterocycles. The minimum atomic E-state index is 0.410. The van der Waals surface area contributed by atoms with Gasteiger partial charge in [0.05, 0.1) is 24.4 Å². The third kappa shape index (κ3) is 1.64. The molecule has 0 unspecified atom stereocenters. The number of aromatic nitrogens is 2. The van der Waals surface area contributed by atoms with Crippen LogP contribution >= 0.6 is 0 Å². The molecule has 0 saturated heterocycles. The van der Waals surface area contributed by atoms with Crippen molar-refractivity contribution in [3.05, 3.63) is 48.3 Å². The standard InChI is InChI=1S/C11H9N3/c12-7-6-10-8-13-14(9-10)11-4-2-1-3-5-11/h1-5,8-9H,6H2. The number of nitriles is 1. The van der Waals surface area contributed by atoms with Gasteiger partial charge in [-0.2, -0.15) is 10.4 Å². The molecule has 0 aliphatic rings. The Morgan fingerprint density at radius 1 is 1.29 bits per heavy atom. The largest absolute Gasteiger partial charge is 0.241 e. The van der Waals surface area contributed by atoms with Gasteiger partial charge >= 0.3 is 0 Å². The topological polar surface area (TPSA) is 41.6 Å². The van der Waals surface area contributed by atoms with Crippen LogP contribution in [0.4, 0.5) is 0 Å². The second-order valence-corrected chi connectivity index (χ2v) is 2.96. The summed E-state index contributed by atoms with van der Waals surface area (Å²) < 4.78 is 1.77. The molecule has 3 heteroatoms. The Bertz CT molecular complexity index is 451. The van der Waals surface area contributed by atoms with Gasteiger partial charge < -0.3 is 0 Å². The number of hydrogen-bond acceptors (Lipinski definition) is 2. The smallest absolute Gasteiger partial charge is 0.0670 e. The lowest BCUT2D eigenvalue weighted by atomic mass is 10.3. The molecule has 0 fully saturated rings. The second-order valence-electron chi connectivity index (χ2n) is 2.96. The molecular weight excluding hydrogens is 174 g/mol. The summed E-state index contributed by atoms with van der Waals surface area (Å²) in [6.07, 6.45) is 4.00. The third-order valence-corrected chi connectivity index (χ3v) is 1.94. The zero-order chi connectivity index (χ0) is 9.80. The Morgan fingerprint density at radius 2 is 2.07 bits per heavy atom. The lowest BCUT2D eigenvalue weighted by Crippen LogP contribution is -1.92. The Hall–Kier alpha value is -2.08. The second kappa shape index (κ2) is 3.75. The summed E-state index contributed by atoms with van der Waals surface area (Å²) in [4.78, 5) is 0. The number of benzene rings is 1. The monoisotopic (exact) mass is 183 g/mol. The summed E-state index contributed by atoms with van der Waals surface area (Å²) in [6, 6.07) is 11.9. The van der Waals surface area contributed by atoms with Crippen molar-refractivity contribution in [2.75, 3.05) is 0 Å². The Labute approximate surface area is 82.2 Å². The van der Waals surface area contributed by atoms with E-state index in [1.807, 2.05) is 36.5 Å². The van der Waals surface area contributed by atoms with Crippen LogP contribution in [0.1, 0.15) is 5.56 Å². The highest BCUT2D eigenvalue weighted by molar-refractivity contribution is 5.31. The summed E-state index contributed by atoms with van der Waals surface area (Å²) in [5.74, 6) is 0. The van der Waals surface area contributed by atoms with Gasteiger partial charge in [-0.05, 0) is 12.1 Å². The van der Waals surface area contributed by atoms with E-state index in [-0.39, 0.29) is 0 Å². The Kier molecular flexibility index (Phi) is 2.28. The first-order valence-electron chi connectivity index (χ1n) is 4.36. The molecule has 1 aromatic heterocycles. The quantitative estimate of drug-likeness (QED) is 0.713. The SMILES string of the molecule is N#CCc1cnn(-c2ccccc2)c1. The highest BCUT2D eigenvalue weighted by atomic mass is 15.3. The fraction of sp³-hybridized carbons (Fsp3) is 0.0909. The average molecular weight is 183 g/mol. The zero-order valence-electron chi connectivity index (χ0n) is 7.59. The van der Waals surface area contributed by atoms with Crippen LogP contribution in [0, 0.1) is 11.3 Å². The highest BCUT2D eigenvalue weighted by Gasteiger charge is 1.98. The molecule has 2 rings (SSSR count). The number of hydrogen-bond donors (Lipinski definition) is 0. The van der Waals surface area contributed by atoms with Crippen LogP contribution in [0.15, 0.2) is 42.7 Å². The first-order chi connectivity index (χ1) is 6.90. The van der Waals surface area contributed by atoms with Crippen molar-refractivity contribution in [3.8, 4) is 11.8 Å². The van der Waals surface area contributed by atoms with E-state index < -0.39 is 0 Å². The van der Waals surface area contributed by atoms with Crippen molar-refractivity contribution >= 4 is 0 Å². The summed E-state index contributed by atoms with van der Waals surface area (Å²) in [6.45, 7) is 0. The zero-order valence-corrected chi connectivity index (χ0v) is 7.59. The van der Waals surface area contributed by atoms with Gasteiger partial charge in [-0.25, -0.2) is 4.68 Å². The van der Waals surface area contributed by atoms with Gasteiger partial charge in [0.2, 0.25) is 0 Å². The van der Waals surface area contributed by atoms with Gasteiger partial charge in [0.15, 0.2) is 0 Å². The predicted octanol–water partition coefficient (Wildman–Crippen LogP) is 1.94. The summed E-state index contributed by atoms with van der Waals surface area (Å²) >= 11 is 0. The van der Waals surface area contributed by atoms with E-state index in [0.29, 0.717) is 6.42 Å². The van der Waals surface area contributed by atoms with Crippen molar-refractivity contribution in [1.82, 2.24) is 9.78 Å². The number of nitrogens with zero attached hydrogens (tertiary/aromatic N) is 3. The Balaban J connectivity index is 2.31. The maximum Gasteiger partial charge on any atom is 0.0670 e. The predicted molar refractivity (Wildman–Crippen MR) is 52.9 cm³/mol. The molecule has 0 saturated carbocycles. The lowest BCUT2D eigenvalue weighted by Gasteiger charge is -1.98. The molecule has 0 amide bonds. The van der Waals surface area contributed by atoms with Gasteiger partial charge in [-0.15, -0.1) is 0 Å². The summed E-state index contributed by atoms with van der Waals surface area (Å²) in [7, 11) is 0. The molecule has 2 aromatic rings. The van der Waals surface area contributed by atoms with Gasteiger partial charge in [-0.1, -0.05) is 18.2 Å². The molecule has 14 heavy (non-hydrogen) atoms. The molecule has 1 aromatic carbocycles. The van der Waals surface area contributed by atoms with E-state index in [4.69, 9.17) is 5.26 Å². The van der Waals surface area contributed by atoms with Gasteiger partial charge in [0.1, 0.15) is 0 Å². The average Bonchev–Trinajstić information content (AvgIpc) is 2.68. The van der Waals surface area contributed by atoms with Crippen LogP contribution in [0.25, 0.3) is 5.69 Å². The molecule has 0 spiro atoms. The van der Waals surface area contributed by atoms with Crippen LogP contribution in [-0.4, -0.2) is 9.78 Å². The van der Waals surface area contributed by atoms with E-state index in [9.17, 15) is 0 Å².